The minimum Gasteiger partial charge on any atom is -0.367 e. The Balaban J connectivity index is 1.53. The van der Waals surface area contributed by atoms with Crippen molar-refractivity contribution >= 4 is 38.5 Å². The third-order valence-electron chi connectivity index (χ3n) is 6.87. The molecule has 8 nitrogen and oxygen atoms in total. The summed E-state index contributed by atoms with van der Waals surface area (Å²) in [5, 5.41) is 4.52. The van der Waals surface area contributed by atoms with E-state index in [1.807, 2.05) is 12.1 Å². The van der Waals surface area contributed by atoms with E-state index in [1.54, 1.807) is 61.2 Å². The molecule has 38 heavy (non-hydrogen) atoms. The van der Waals surface area contributed by atoms with Gasteiger partial charge < -0.3 is 5.32 Å². The van der Waals surface area contributed by atoms with Crippen LogP contribution in [-0.4, -0.2) is 38.4 Å². The number of fused-ring (bicyclic) bond motifs is 1. The summed E-state index contributed by atoms with van der Waals surface area (Å²) in [6.45, 7) is 0. The first-order valence-corrected chi connectivity index (χ1v) is 14.3. The fourth-order valence-corrected chi connectivity index (χ4v) is 6.54. The highest BCUT2D eigenvalue weighted by Gasteiger charge is 2.24. The highest BCUT2D eigenvalue weighted by Crippen LogP contribution is 2.36. The molecule has 5 aromatic rings. The van der Waals surface area contributed by atoms with Gasteiger partial charge in [-0.15, -0.1) is 0 Å². The summed E-state index contributed by atoms with van der Waals surface area (Å²) in [6, 6.07) is 14.3. The van der Waals surface area contributed by atoms with Crippen molar-refractivity contribution in [3.63, 3.8) is 0 Å². The van der Waals surface area contributed by atoms with Crippen molar-refractivity contribution in [2.75, 3.05) is 5.32 Å². The molecule has 1 N–H and O–H groups in total. The number of pyridine rings is 2. The monoisotopic (exact) mass is 544 g/mol. The Labute approximate surface area is 225 Å². The van der Waals surface area contributed by atoms with Gasteiger partial charge in [-0.25, -0.2) is 32.3 Å². The van der Waals surface area contributed by atoms with Gasteiger partial charge in [0.15, 0.2) is 5.65 Å². The van der Waals surface area contributed by atoms with E-state index in [2.05, 4.69) is 25.3 Å². The number of rotatable bonds is 6. The molecule has 4 aromatic heterocycles. The Bertz CT molecular complexity index is 1700. The maximum Gasteiger partial charge on any atom is 0.269 e. The average Bonchev–Trinajstić information content (AvgIpc) is 3.34. The Morgan fingerprint density at radius 3 is 2.42 bits per heavy atom. The standard InChI is InChI=1S/C28H25ClN6O2S/c29-26-12-19(13-27(34-26)33-22-7-3-1-4-8-22)25-17-35(38(36,37)23-9-5-2-6-10-23)28-24(25)11-20(16-32-28)21-14-30-18-31-15-21/h2,5-6,9-18,22H,1,3-4,7-8H2,(H,33,34). The highest BCUT2D eigenvalue weighted by molar-refractivity contribution is 7.90. The molecule has 192 valence electrons. The lowest BCUT2D eigenvalue weighted by Gasteiger charge is -2.23. The summed E-state index contributed by atoms with van der Waals surface area (Å²) >= 11 is 6.48. The molecule has 4 heterocycles. The van der Waals surface area contributed by atoms with E-state index in [4.69, 9.17) is 11.6 Å². The van der Waals surface area contributed by atoms with E-state index in [-0.39, 0.29) is 4.90 Å². The number of benzene rings is 1. The van der Waals surface area contributed by atoms with Gasteiger partial charge in [0, 0.05) is 52.9 Å². The van der Waals surface area contributed by atoms with Gasteiger partial charge in [-0.1, -0.05) is 49.1 Å². The molecule has 0 bridgehead atoms. The third-order valence-corrected chi connectivity index (χ3v) is 8.73. The lowest BCUT2D eigenvalue weighted by molar-refractivity contribution is 0.462. The fraction of sp³-hybridized carbons (Fsp3) is 0.214. The summed E-state index contributed by atoms with van der Waals surface area (Å²) < 4.78 is 28.6. The first kappa shape index (κ1) is 24.5. The van der Waals surface area contributed by atoms with Crippen LogP contribution in [0, 0.1) is 0 Å². The van der Waals surface area contributed by atoms with Crippen molar-refractivity contribution in [2.45, 2.75) is 43.0 Å². The Hall–Kier alpha value is -3.82. The topological polar surface area (TPSA) is 103 Å². The van der Waals surface area contributed by atoms with Gasteiger partial charge in [-0.2, -0.15) is 0 Å². The van der Waals surface area contributed by atoms with Crippen LogP contribution in [0.4, 0.5) is 5.82 Å². The van der Waals surface area contributed by atoms with Crippen LogP contribution in [0.15, 0.2) is 84.5 Å². The van der Waals surface area contributed by atoms with Crippen molar-refractivity contribution in [3.05, 3.63) is 84.8 Å². The number of anilines is 1. The molecule has 0 amide bonds. The summed E-state index contributed by atoms with van der Waals surface area (Å²) in [5.74, 6) is 0.673. The molecule has 1 saturated carbocycles. The summed E-state index contributed by atoms with van der Waals surface area (Å²) in [6.07, 6.45) is 13.9. The number of nitrogens with zero attached hydrogens (tertiary/aromatic N) is 5. The SMILES string of the molecule is O=S(=O)(c1ccccc1)n1cc(-c2cc(Cl)nc(NC3CCCCC3)c2)c2cc(-c3cncnc3)cnc21. The average molecular weight is 545 g/mol. The molecule has 0 spiro atoms. The quantitative estimate of drug-likeness (QED) is 0.254. The molecule has 0 aliphatic heterocycles. The molecular formula is C28H25ClN6O2S. The van der Waals surface area contributed by atoms with Crippen LogP contribution in [0.5, 0.6) is 0 Å². The van der Waals surface area contributed by atoms with Crippen LogP contribution in [0.1, 0.15) is 32.1 Å². The molecule has 1 aliphatic rings. The van der Waals surface area contributed by atoms with E-state index in [0.29, 0.717) is 33.6 Å². The lowest BCUT2D eigenvalue weighted by Crippen LogP contribution is -2.22. The van der Waals surface area contributed by atoms with Crippen LogP contribution in [0.2, 0.25) is 5.15 Å². The minimum atomic E-state index is -3.91. The van der Waals surface area contributed by atoms with Crippen molar-refractivity contribution in [1.82, 2.24) is 23.9 Å². The Morgan fingerprint density at radius 1 is 0.895 bits per heavy atom. The minimum absolute atomic E-state index is 0.179. The number of nitrogens with one attached hydrogen (secondary N) is 1. The second-order valence-corrected chi connectivity index (χ2v) is 11.6. The maximum atomic E-state index is 13.7. The molecule has 0 saturated heterocycles. The van der Waals surface area contributed by atoms with Gasteiger partial charge in [0.1, 0.15) is 17.3 Å². The zero-order valence-electron chi connectivity index (χ0n) is 20.5. The predicted octanol–water partition coefficient (Wildman–Crippen LogP) is 6.19. The van der Waals surface area contributed by atoms with Crippen LogP contribution in [0.3, 0.4) is 0 Å². The molecule has 10 heteroatoms. The van der Waals surface area contributed by atoms with Crippen molar-refractivity contribution < 1.29 is 8.42 Å². The Kier molecular flexibility index (Phi) is 6.55. The van der Waals surface area contributed by atoms with Gasteiger partial charge in [0.05, 0.1) is 4.90 Å². The van der Waals surface area contributed by atoms with E-state index < -0.39 is 10.0 Å². The number of hydrogen-bond acceptors (Lipinski definition) is 7. The molecule has 0 unspecified atom stereocenters. The smallest absolute Gasteiger partial charge is 0.269 e. The lowest BCUT2D eigenvalue weighted by atomic mass is 9.95. The molecule has 0 radical (unpaired) electrons. The van der Waals surface area contributed by atoms with E-state index >= 15 is 0 Å². The first-order chi connectivity index (χ1) is 18.5. The van der Waals surface area contributed by atoms with Gasteiger partial charge in [-0.3, -0.25) is 0 Å². The molecule has 6 rings (SSSR count). The normalized spacial score (nSPS) is 14.6. The predicted molar refractivity (Wildman–Crippen MR) is 149 cm³/mol. The number of aromatic nitrogens is 5. The third kappa shape index (κ3) is 4.75. The van der Waals surface area contributed by atoms with Gasteiger partial charge in [0.25, 0.3) is 10.0 Å². The Morgan fingerprint density at radius 2 is 1.66 bits per heavy atom. The van der Waals surface area contributed by atoms with E-state index in [1.165, 1.54) is 29.6 Å². The van der Waals surface area contributed by atoms with Crippen molar-refractivity contribution in [3.8, 4) is 22.3 Å². The summed E-state index contributed by atoms with van der Waals surface area (Å²) in [4.78, 5) is 17.5. The van der Waals surface area contributed by atoms with Crippen molar-refractivity contribution in [1.29, 1.82) is 0 Å². The maximum absolute atomic E-state index is 13.7. The molecule has 1 fully saturated rings. The van der Waals surface area contributed by atoms with Gasteiger partial charge >= 0.3 is 0 Å². The molecular weight excluding hydrogens is 520 g/mol. The molecule has 1 aromatic carbocycles. The van der Waals surface area contributed by atoms with Gasteiger partial charge in [-0.05, 0) is 48.7 Å². The van der Waals surface area contributed by atoms with Crippen LogP contribution < -0.4 is 5.32 Å². The zero-order valence-corrected chi connectivity index (χ0v) is 22.0. The first-order valence-electron chi connectivity index (χ1n) is 12.5. The molecule has 0 atom stereocenters. The van der Waals surface area contributed by atoms with Crippen LogP contribution >= 0.6 is 11.6 Å². The van der Waals surface area contributed by atoms with Crippen LogP contribution in [-0.2, 0) is 10.0 Å². The largest absolute Gasteiger partial charge is 0.367 e. The highest BCUT2D eigenvalue weighted by atomic mass is 35.5. The second kappa shape index (κ2) is 10.2. The zero-order chi connectivity index (χ0) is 26.1. The van der Waals surface area contributed by atoms with Gasteiger partial charge in [0.2, 0.25) is 0 Å². The van der Waals surface area contributed by atoms with E-state index in [0.717, 1.165) is 29.5 Å². The van der Waals surface area contributed by atoms with Crippen LogP contribution in [0.25, 0.3) is 33.3 Å². The number of halogens is 1. The van der Waals surface area contributed by atoms with E-state index in [9.17, 15) is 8.42 Å². The summed E-state index contributed by atoms with van der Waals surface area (Å²) in [7, 11) is -3.91. The summed E-state index contributed by atoms with van der Waals surface area (Å²) in [5.41, 5.74) is 3.30. The second-order valence-electron chi connectivity index (χ2n) is 9.42. The molecule has 1 aliphatic carbocycles. The number of hydrogen-bond donors (Lipinski definition) is 1. The fourth-order valence-electron chi connectivity index (χ4n) is 4.99. The van der Waals surface area contributed by atoms with Crippen molar-refractivity contribution in [2.24, 2.45) is 0 Å².